The molecule has 114 valence electrons. The number of pyridine rings is 1. The van der Waals surface area contributed by atoms with Gasteiger partial charge in [0.1, 0.15) is 17.6 Å². The van der Waals surface area contributed by atoms with Gasteiger partial charge in [-0.1, -0.05) is 13.8 Å². The lowest BCUT2D eigenvalue weighted by Crippen LogP contribution is -2.30. The van der Waals surface area contributed by atoms with E-state index in [0.29, 0.717) is 17.7 Å². The molecule has 0 bridgehead atoms. The van der Waals surface area contributed by atoms with Gasteiger partial charge in [0.2, 0.25) is 0 Å². The Morgan fingerprint density at radius 2 is 2.14 bits per heavy atom. The topological polar surface area (TPSA) is 105 Å². The lowest BCUT2D eigenvalue weighted by Gasteiger charge is -2.32. The van der Waals surface area contributed by atoms with E-state index in [9.17, 15) is 14.9 Å². The average Bonchev–Trinajstić information content (AvgIpc) is 2.42. The van der Waals surface area contributed by atoms with Gasteiger partial charge in [0.15, 0.2) is 0 Å². The molecule has 0 spiro atoms. The summed E-state index contributed by atoms with van der Waals surface area (Å²) in [5.74, 6) is 0.332. The minimum absolute atomic E-state index is 0.229. The molecule has 1 aromatic heterocycles. The van der Waals surface area contributed by atoms with Gasteiger partial charge in [-0.15, -0.1) is 0 Å². The fraction of sp³-hybridized carbons (Fsp3) is 0.571. The molecule has 1 aromatic rings. The molecule has 3 atom stereocenters. The van der Waals surface area contributed by atoms with Crippen LogP contribution in [0.1, 0.15) is 43.5 Å². The Morgan fingerprint density at radius 1 is 1.43 bits per heavy atom. The van der Waals surface area contributed by atoms with Crippen LogP contribution in [-0.2, 0) is 0 Å². The molecule has 0 amide bonds. The summed E-state index contributed by atoms with van der Waals surface area (Å²) in [6.45, 7) is 4.43. The molecule has 1 heterocycles. The lowest BCUT2D eigenvalue weighted by atomic mass is 9.79. The highest BCUT2D eigenvalue weighted by Gasteiger charge is 2.26. The molecular formula is C14H19N3O4. The van der Waals surface area contributed by atoms with Crippen LogP contribution in [0.3, 0.4) is 0 Å². The number of carboxylic acid groups (broad SMARTS) is 1. The molecule has 2 N–H and O–H groups in total. The van der Waals surface area contributed by atoms with Crippen LogP contribution in [0.2, 0.25) is 0 Å². The first-order valence-corrected chi connectivity index (χ1v) is 7.02. The van der Waals surface area contributed by atoms with E-state index in [-0.39, 0.29) is 11.6 Å². The molecule has 0 aromatic carbocycles. The highest BCUT2D eigenvalue weighted by atomic mass is 16.6. The van der Waals surface area contributed by atoms with Gasteiger partial charge in [-0.05, 0) is 31.1 Å². The predicted octanol–water partition coefficient (Wildman–Crippen LogP) is 2.92. The van der Waals surface area contributed by atoms with Crippen LogP contribution in [0.25, 0.3) is 0 Å². The molecule has 3 unspecified atom stereocenters. The number of hydrogen-bond acceptors (Lipinski definition) is 5. The van der Waals surface area contributed by atoms with Crippen molar-refractivity contribution in [3.8, 4) is 0 Å². The van der Waals surface area contributed by atoms with E-state index < -0.39 is 16.6 Å². The van der Waals surface area contributed by atoms with Crippen LogP contribution < -0.4 is 5.32 Å². The van der Waals surface area contributed by atoms with Crippen molar-refractivity contribution in [2.24, 2.45) is 11.8 Å². The molecule has 2 rings (SSSR count). The first-order valence-electron chi connectivity index (χ1n) is 7.02. The second-order valence-electron chi connectivity index (χ2n) is 5.76. The van der Waals surface area contributed by atoms with Gasteiger partial charge in [0, 0.05) is 12.1 Å². The van der Waals surface area contributed by atoms with Crippen LogP contribution in [0, 0.1) is 22.0 Å². The number of nitrogens with zero attached hydrogens (tertiary/aromatic N) is 2. The maximum Gasteiger partial charge on any atom is 0.342 e. The van der Waals surface area contributed by atoms with Crippen molar-refractivity contribution < 1.29 is 14.8 Å². The average molecular weight is 293 g/mol. The molecule has 1 fully saturated rings. The molecular weight excluding hydrogens is 274 g/mol. The lowest BCUT2D eigenvalue weighted by molar-refractivity contribution is -0.385. The summed E-state index contributed by atoms with van der Waals surface area (Å²) >= 11 is 0. The summed E-state index contributed by atoms with van der Waals surface area (Å²) in [6, 6.07) is 1.47. The summed E-state index contributed by atoms with van der Waals surface area (Å²) in [6.07, 6.45) is 4.09. The van der Waals surface area contributed by atoms with Gasteiger partial charge < -0.3 is 10.4 Å². The molecule has 21 heavy (non-hydrogen) atoms. The smallest absolute Gasteiger partial charge is 0.342 e. The molecule has 0 saturated heterocycles. The quantitative estimate of drug-likeness (QED) is 0.653. The van der Waals surface area contributed by atoms with Crippen molar-refractivity contribution in [2.45, 2.75) is 39.2 Å². The third-order valence-corrected chi connectivity index (χ3v) is 4.26. The van der Waals surface area contributed by atoms with Gasteiger partial charge in [-0.25, -0.2) is 9.78 Å². The second-order valence-corrected chi connectivity index (χ2v) is 5.76. The monoisotopic (exact) mass is 293 g/mol. The molecule has 1 saturated carbocycles. The standard InChI is InChI=1S/C14H19N3O4/c1-8-3-4-10(5-9(8)2)16-13-6-11(14(18)19)12(7-15-13)17(20)21/h6-10H,3-5H2,1-2H3,(H,15,16)(H,18,19). The Kier molecular flexibility index (Phi) is 4.40. The van der Waals surface area contributed by atoms with Crippen LogP contribution in [0.15, 0.2) is 12.3 Å². The number of hydrogen-bond donors (Lipinski definition) is 2. The Balaban J connectivity index is 2.16. The molecule has 0 aliphatic heterocycles. The third kappa shape index (κ3) is 3.48. The SMILES string of the molecule is CC1CCC(Nc2cc(C(=O)O)c([N+](=O)[O-])cn2)CC1C. The van der Waals surface area contributed by atoms with Crippen molar-refractivity contribution in [1.82, 2.24) is 4.98 Å². The van der Waals surface area contributed by atoms with E-state index in [1.165, 1.54) is 6.07 Å². The Morgan fingerprint density at radius 3 is 2.71 bits per heavy atom. The van der Waals surface area contributed by atoms with Crippen LogP contribution >= 0.6 is 0 Å². The van der Waals surface area contributed by atoms with Crippen molar-refractivity contribution in [1.29, 1.82) is 0 Å². The summed E-state index contributed by atoms with van der Waals surface area (Å²) < 4.78 is 0. The number of carbonyl (C=O) groups is 1. The fourth-order valence-corrected chi connectivity index (χ4v) is 2.73. The zero-order valence-electron chi connectivity index (χ0n) is 12.1. The largest absolute Gasteiger partial charge is 0.477 e. The number of aromatic carboxylic acids is 1. The number of anilines is 1. The number of aromatic nitrogens is 1. The summed E-state index contributed by atoms with van der Waals surface area (Å²) in [5.41, 5.74) is -0.826. The highest BCUT2D eigenvalue weighted by Crippen LogP contribution is 2.31. The number of carboxylic acids is 1. The minimum Gasteiger partial charge on any atom is -0.477 e. The summed E-state index contributed by atoms with van der Waals surface area (Å²) in [5, 5.41) is 23.0. The van der Waals surface area contributed by atoms with E-state index in [1.807, 2.05) is 0 Å². The Bertz CT molecular complexity index is 561. The van der Waals surface area contributed by atoms with E-state index in [1.54, 1.807) is 0 Å². The zero-order chi connectivity index (χ0) is 15.6. The van der Waals surface area contributed by atoms with Gasteiger partial charge in [0.05, 0.1) is 4.92 Å². The van der Waals surface area contributed by atoms with Crippen molar-refractivity contribution in [3.63, 3.8) is 0 Å². The Hall–Kier alpha value is -2.18. The maximum atomic E-state index is 11.1. The normalized spacial score (nSPS) is 25.3. The van der Waals surface area contributed by atoms with Gasteiger partial charge in [-0.3, -0.25) is 10.1 Å². The molecule has 0 radical (unpaired) electrons. The van der Waals surface area contributed by atoms with E-state index in [4.69, 9.17) is 5.11 Å². The maximum absolute atomic E-state index is 11.1. The first-order chi connectivity index (χ1) is 9.88. The van der Waals surface area contributed by atoms with E-state index in [0.717, 1.165) is 25.5 Å². The van der Waals surface area contributed by atoms with Gasteiger partial charge in [0.25, 0.3) is 0 Å². The molecule has 7 heteroatoms. The number of nitro groups is 1. The fourth-order valence-electron chi connectivity index (χ4n) is 2.73. The molecule has 7 nitrogen and oxygen atoms in total. The third-order valence-electron chi connectivity index (χ3n) is 4.26. The van der Waals surface area contributed by atoms with E-state index in [2.05, 4.69) is 24.1 Å². The van der Waals surface area contributed by atoms with Crippen molar-refractivity contribution in [2.75, 3.05) is 5.32 Å². The summed E-state index contributed by atoms with van der Waals surface area (Å²) in [7, 11) is 0. The molecule has 1 aliphatic rings. The van der Waals surface area contributed by atoms with Gasteiger partial charge >= 0.3 is 11.7 Å². The summed E-state index contributed by atoms with van der Waals surface area (Å²) in [4.78, 5) is 25.1. The van der Waals surface area contributed by atoms with Crippen LogP contribution in [0.4, 0.5) is 11.5 Å². The number of nitrogens with one attached hydrogen (secondary N) is 1. The number of rotatable bonds is 4. The Labute approximate surface area is 122 Å². The zero-order valence-corrected chi connectivity index (χ0v) is 12.1. The van der Waals surface area contributed by atoms with E-state index >= 15 is 0 Å². The first kappa shape index (κ1) is 15.2. The highest BCUT2D eigenvalue weighted by molar-refractivity contribution is 5.93. The predicted molar refractivity (Wildman–Crippen MR) is 77.4 cm³/mol. The minimum atomic E-state index is -1.32. The van der Waals surface area contributed by atoms with Crippen molar-refractivity contribution >= 4 is 17.5 Å². The van der Waals surface area contributed by atoms with Crippen LogP contribution in [0.5, 0.6) is 0 Å². The van der Waals surface area contributed by atoms with Crippen molar-refractivity contribution in [3.05, 3.63) is 27.9 Å². The second kappa shape index (κ2) is 6.07. The van der Waals surface area contributed by atoms with Crippen LogP contribution in [-0.4, -0.2) is 27.0 Å². The van der Waals surface area contributed by atoms with Gasteiger partial charge in [-0.2, -0.15) is 0 Å². The molecule has 1 aliphatic carbocycles.